The van der Waals surface area contributed by atoms with Gasteiger partial charge < -0.3 is 19.5 Å². The Morgan fingerprint density at radius 3 is 2.62 bits per heavy atom. The van der Waals surface area contributed by atoms with Gasteiger partial charge in [-0.05, 0) is 38.3 Å². The molecule has 1 amide bonds. The van der Waals surface area contributed by atoms with Crippen molar-refractivity contribution >= 4 is 11.9 Å². The van der Waals surface area contributed by atoms with Gasteiger partial charge in [-0.1, -0.05) is 17.7 Å². The molecule has 0 radical (unpaired) electrons. The number of benzene rings is 1. The van der Waals surface area contributed by atoms with E-state index in [0.717, 1.165) is 24.0 Å². The van der Waals surface area contributed by atoms with Crippen LogP contribution >= 0.6 is 0 Å². The van der Waals surface area contributed by atoms with Gasteiger partial charge in [-0.25, -0.2) is 0 Å². The number of nitrogens with zero attached hydrogens (tertiary/aromatic N) is 1. The molecule has 1 heterocycles. The molecule has 1 saturated heterocycles. The Hall–Kier alpha value is -2.08. The van der Waals surface area contributed by atoms with Crippen LogP contribution in [0.5, 0.6) is 5.75 Å². The number of aryl methyl sites for hydroxylation is 2. The monoisotopic (exact) mass is 335 g/mol. The van der Waals surface area contributed by atoms with Gasteiger partial charge in [0, 0.05) is 25.8 Å². The molecule has 24 heavy (non-hydrogen) atoms. The maximum atomic E-state index is 12.6. The number of carboxylic acids is 1. The van der Waals surface area contributed by atoms with Crippen LogP contribution in [0.3, 0.4) is 0 Å². The molecule has 6 nitrogen and oxygen atoms in total. The number of carboxylic acid groups (broad SMARTS) is 1. The quantitative estimate of drug-likeness (QED) is 0.826. The first-order valence-electron chi connectivity index (χ1n) is 8.26. The van der Waals surface area contributed by atoms with Crippen LogP contribution < -0.4 is 4.74 Å². The predicted molar refractivity (Wildman–Crippen MR) is 89.2 cm³/mol. The van der Waals surface area contributed by atoms with Crippen LogP contribution in [0.2, 0.25) is 0 Å². The van der Waals surface area contributed by atoms with E-state index in [1.807, 2.05) is 32.0 Å². The summed E-state index contributed by atoms with van der Waals surface area (Å²) in [4.78, 5) is 25.1. The zero-order valence-corrected chi connectivity index (χ0v) is 14.3. The molecule has 0 spiro atoms. The van der Waals surface area contributed by atoms with E-state index in [2.05, 4.69) is 0 Å². The molecule has 1 N–H and O–H groups in total. The van der Waals surface area contributed by atoms with Crippen LogP contribution in [0, 0.1) is 13.8 Å². The maximum absolute atomic E-state index is 12.6. The normalized spacial score (nSPS) is 15.1. The number of aliphatic carboxylic acids is 1. The summed E-state index contributed by atoms with van der Waals surface area (Å²) in [5.41, 5.74) is 2.11. The molecule has 0 aliphatic carbocycles. The van der Waals surface area contributed by atoms with Crippen molar-refractivity contribution < 1.29 is 24.2 Å². The van der Waals surface area contributed by atoms with Gasteiger partial charge in [0.2, 0.25) is 0 Å². The van der Waals surface area contributed by atoms with E-state index in [1.165, 1.54) is 0 Å². The Labute approximate surface area is 142 Å². The van der Waals surface area contributed by atoms with Crippen LogP contribution in [0.15, 0.2) is 18.2 Å². The van der Waals surface area contributed by atoms with Crippen molar-refractivity contribution in [2.24, 2.45) is 0 Å². The smallest absolute Gasteiger partial charge is 0.305 e. The first kappa shape index (κ1) is 18.3. The molecular weight excluding hydrogens is 310 g/mol. The van der Waals surface area contributed by atoms with E-state index >= 15 is 0 Å². The van der Waals surface area contributed by atoms with Gasteiger partial charge >= 0.3 is 5.97 Å². The number of amides is 1. The van der Waals surface area contributed by atoms with Crippen molar-refractivity contribution in [3.05, 3.63) is 29.3 Å². The number of carbonyl (C=O) groups is 2. The summed E-state index contributed by atoms with van der Waals surface area (Å²) in [6.45, 7) is 5.25. The molecule has 0 bridgehead atoms. The first-order chi connectivity index (χ1) is 11.5. The Morgan fingerprint density at radius 2 is 2.00 bits per heavy atom. The Kier molecular flexibility index (Phi) is 6.61. The second-order valence-corrected chi connectivity index (χ2v) is 6.13. The minimum Gasteiger partial charge on any atom is -0.484 e. The van der Waals surface area contributed by atoms with Gasteiger partial charge in [-0.15, -0.1) is 0 Å². The molecule has 1 aromatic carbocycles. The Bertz CT molecular complexity index is 581. The van der Waals surface area contributed by atoms with E-state index < -0.39 is 5.97 Å². The molecular formula is C18H25NO5. The molecule has 6 heteroatoms. The molecule has 0 atom stereocenters. The number of hydrogen-bond donors (Lipinski definition) is 1. The average molecular weight is 335 g/mol. The summed E-state index contributed by atoms with van der Waals surface area (Å²) in [5.74, 6) is -0.405. The van der Waals surface area contributed by atoms with Gasteiger partial charge in [-0.2, -0.15) is 0 Å². The fraction of sp³-hybridized carbons (Fsp3) is 0.556. The Balaban J connectivity index is 1.98. The number of ether oxygens (including phenoxy) is 2. The first-order valence-corrected chi connectivity index (χ1v) is 8.26. The van der Waals surface area contributed by atoms with Crippen molar-refractivity contribution in [3.63, 3.8) is 0 Å². The van der Waals surface area contributed by atoms with E-state index in [0.29, 0.717) is 19.0 Å². The SMILES string of the molecule is Cc1ccc(OCC(=O)N(CCC(=O)O)C2CCOCC2)c(C)c1. The van der Waals surface area contributed by atoms with Gasteiger partial charge in [0.05, 0.1) is 6.42 Å². The fourth-order valence-corrected chi connectivity index (χ4v) is 2.91. The molecule has 0 saturated carbocycles. The molecule has 1 aliphatic heterocycles. The van der Waals surface area contributed by atoms with Crippen LogP contribution in [0.4, 0.5) is 0 Å². The summed E-state index contributed by atoms with van der Waals surface area (Å²) in [7, 11) is 0. The number of carbonyl (C=O) groups excluding carboxylic acids is 1. The highest BCUT2D eigenvalue weighted by Gasteiger charge is 2.26. The summed E-state index contributed by atoms with van der Waals surface area (Å²) < 4.78 is 11.0. The molecule has 0 unspecified atom stereocenters. The highest BCUT2D eigenvalue weighted by atomic mass is 16.5. The zero-order chi connectivity index (χ0) is 17.5. The van der Waals surface area contributed by atoms with E-state index in [1.54, 1.807) is 4.90 Å². The molecule has 1 aliphatic rings. The molecule has 1 aromatic rings. The van der Waals surface area contributed by atoms with E-state index in [-0.39, 0.29) is 31.5 Å². The van der Waals surface area contributed by atoms with Crippen molar-refractivity contribution in [1.29, 1.82) is 0 Å². The third-order valence-electron chi connectivity index (χ3n) is 4.20. The Morgan fingerprint density at radius 1 is 1.29 bits per heavy atom. The largest absolute Gasteiger partial charge is 0.484 e. The fourth-order valence-electron chi connectivity index (χ4n) is 2.91. The second kappa shape index (κ2) is 8.68. The lowest BCUT2D eigenvalue weighted by molar-refractivity contribution is -0.141. The van der Waals surface area contributed by atoms with Gasteiger partial charge in [0.25, 0.3) is 5.91 Å². The topological polar surface area (TPSA) is 76.1 Å². The van der Waals surface area contributed by atoms with E-state index in [9.17, 15) is 9.59 Å². The predicted octanol–water partition coefficient (Wildman–Crippen LogP) is 2.16. The zero-order valence-electron chi connectivity index (χ0n) is 14.3. The lowest BCUT2D eigenvalue weighted by atomic mass is 10.1. The summed E-state index contributed by atoms with van der Waals surface area (Å²) >= 11 is 0. The summed E-state index contributed by atoms with van der Waals surface area (Å²) in [6, 6.07) is 5.82. The third kappa shape index (κ3) is 5.23. The lowest BCUT2D eigenvalue weighted by Crippen LogP contribution is -2.46. The van der Waals surface area contributed by atoms with Gasteiger partial charge in [0.1, 0.15) is 5.75 Å². The minimum absolute atomic E-state index is 0.0216. The lowest BCUT2D eigenvalue weighted by Gasteiger charge is -2.34. The van der Waals surface area contributed by atoms with Gasteiger partial charge in [0.15, 0.2) is 6.61 Å². The molecule has 1 fully saturated rings. The van der Waals surface area contributed by atoms with Crippen LogP contribution in [-0.4, -0.2) is 54.3 Å². The van der Waals surface area contributed by atoms with Gasteiger partial charge in [-0.3, -0.25) is 9.59 Å². The van der Waals surface area contributed by atoms with E-state index in [4.69, 9.17) is 14.6 Å². The third-order valence-corrected chi connectivity index (χ3v) is 4.20. The maximum Gasteiger partial charge on any atom is 0.305 e. The number of hydrogen-bond acceptors (Lipinski definition) is 4. The second-order valence-electron chi connectivity index (χ2n) is 6.13. The van der Waals surface area contributed by atoms with Crippen molar-refractivity contribution in [1.82, 2.24) is 4.90 Å². The molecule has 2 rings (SSSR count). The molecule has 0 aromatic heterocycles. The summed E-state index contributed by atoms with van der Waals surface area (Å²) in [6.07, 6.45) is 1.40. The van der Waals surface area contributed by atoms with Crippen LogP contribution in [-0.2, 0) is 14.3 Å². The highest BCUT2D eigenvalue weighted by molar-refractivity contribution is 5.79. The minimum atomic E-state index is -0.907. The standard InChI is InChI=1S/C18H25NO5/c1-13-3-4-16(14(2)11-13)24-12-17(20)19(8-5-18(21)22)15-6-9-23-10-7-15/h3-4,11,15H,5-10,12H2,1-2H3,(H,21,22). The average Bonchev–Trinajstić information content (AvgIpc) is 2.55. The summed E-state index contributed by atoms with van der Waals surface area (Å²) in [5, 5.41) is 8.92. The highest BCUT2D eigenvalue weighted by Crippen LogP contribution is 2.20. The van der Waals surface area contributed by atoms with Crippen molar-refractivity contribution in [2.75, 3.05) is 26.4 Å². The number of rotatable bonds is 7. The van der Waals surface area contributed by atoms with Crippen LogP contribution in [0.1, 0.15) is 30.4 Å². The van der Waals surface area contributed by atoms with Crippen molar-refractivity contribution in [3.8, 4) is 5.75 Å². The molecule has 132 valence electrons. The van der Waals surface area contributed by atoms with Crippen LogP contribution in [0.25, 0.3) is 0 Å². The van der Waals surface area contributed by atoms with Crippen molar-refractivity contribution in [2.45, 2.75) is 39.2 Å².